The molecule has 26 heteroatoms. The lowest BCUT2D eigenvalue weighted by atomic mass is 10.0. The van der Waals surface area contributed by atoms with Crippen LogP contribution in [0.25, 0.3) is 30.1 Å². The number of benzene rings is 2. The van der Waals surface area contributed by atoms with Gasteiger partial charge in [-0.1, -0.05) is 0 Å². The first-order chi connectivity index (χ1) is 39.7. The Morgan fingerprint density at radius 3 is 1.42 bits per heavy atom. The van der Waals surface area contributed by atoms with Crippen LogP contribution in [-0.4, -0.2) is 93.0 Å². The molecule has 2 saturated heterocycles. The standard InChI is InChI=1S/C31H35FN4O7S.C27H27FN4O7S/c1-18-24(15-33)44-27-25(18)26(37)36(31(5,6)28(38)43-30(2,3)4)29(39)35(27)16-23(42-20-10-12-40-13-11-20)21-14-19(32)8-9-22(21)41-17-34-7;1-15-21(12-29)40-24-22(15)23(33)32(27(2,3)25(34)35)26(36)31(24)13-20(39-17-7-9-37-10-8-17)18-11-16(28)5-6-19(18)38-14-30-4/h8-9,14,20,23H,10-13,16-17H2,1-6H3;5-6,11,17,20H,7-10,13-14H2,1-3H3,(H,34,35). The van der Waals surface area contributed by atoms with Crippen molar-refractivity contribution < 1.29 is 56.6 Å². The Balaban J connectivity index is 0.000000242. The van der Waals surface area contributed by atoms with Crippen LogP contribution in [0.2, 0.25) is 0 Å². The minimum atomic E-state index is -1.93. The molecule has 84 heavy (non-hydrogen) atoms. The minimum absolute atomic E-state index is 0.0454. The first kappa shape index (κ1) is 63.5. The maximum atomic E-state index is 14.7. The molecule has 2 atom stereocenters. The van der Waals surface area contributed by atoms with Crippen molar-refractivity contribution in [3.63, 3.8) is 0 Å². The molecule has 0 aliphatic carbocycles. The van der Waals surface area contributed by atoms with Crippen LogP contribution in [0.5, 0.6) is 11.5 Å². The highest BCUT2D eigenvalue weighted by Gasteiger charge is 2.40. The van der Waals surface area contributed by atoms with Gasteiger partial charge in [0.1, 0.15) is 83.6 Å². The highest BCUT2D eigenvalue weighted by atomic mass is 32.1. The number of esters is 1. The van der Waals surface area contributed by atoms with Crippen LogP contribution < -0.4 is 32.0 Å². The highest BCUT2D eigenvalue weighted by Crippen LogP contribution is 2.38. The van der Waals surface area contributed by atoms with Crippen molar-refractivity contribution in [2.75, 3.05) is 39.9 Å². The first-order valence-corrected chi connectivity index (χ1v) is 28.2. The summed E-state index contributed by atoms with van der Waals surface area (Å²) >= 11 is 1.90. The van der Waals surface area contributed by atoms with Gasteiger partial charge in [-0.2, -0.15) is 10.5 Å². The monoisotopic (exact) mass is 1200 g/mol. The molecule has 8 rings (SSSR count). The highest BCUT2D eigenvalue weighted by molar-refractivity contribution is 7.19. The number of fused-ring (bicyclic) bond motifs is 2. The van der Waals surface area contributed by atoms with Gasteiger partial charge in [-0.15, -0.1) is 22.7 Å². The molecular weight excluding hydrogens is 1130 g/mol. The zero-order valence-electron chi connectivity index (χ0n) is 47.7. The molecule has 0 bridgehead atoms. The molecule has 2 aliphatic heterocycles. The summed E-state index contributed by atoms with van der Waals surface area (Å²) in [6.45, 7) is 28.4. The second-order valence-electron chi connectivity index (χ2n) is 21.8. The zero-order valence-corrected chi connectivity index (χ0v) is 49.3. The van der Waals surface area contributed by atoms with E-state index >= 15 is 0 Å². The van der Waals surface area contributed by atoms with Crippen molar-refractivity contribution >= 4 is 55.0 Å². The fraction of sp³-hybridized carbons (Fsp3) is 0.483. The second kappa shape index (κ2) is 26.2. The summed E-state index contributed by atoms with van der Waals surface area (Å²) in [6, 6.07) is 11.7. The number of nitriles is 2. The van der Waals surface area contributed by atoms with E-state index in [9.17, 15) is 53.2 Å². The molecule has 0 radical (unpaired) electrons. The molecule has 444 valence electrons. The SMILES string of the molecule is [C-]#[N+]COc1ccc(F)cc1C(Cn1c(=O)n(C(C)(C)C(=O)O)c(=O)c2c(C)c(C#N)sc21)OC1CCOCC1.[C-]#[N+]COc1ccc(F)cc1C(Cn1c(=O)n(C(C)(C)C(=O)OC(C)(C)C)c(=O)c2c(C)c(C#N)sc21)OC1CCOCC1. The van der Waals surface area contributed by atoms with Crippen LogP contribution in [0.3, 0.4) is 0 Å². The third-order valence-electron chi connectivity index (χ3n) is 14.1. The number of aromatic nitrogens is 4. The summed E-state index contributed by atoms with van der Waals surface area (Å²) in [5.41, 5.74) is -6.68. The number of aliphatic carboxylic acids is 1. The lowest BCUT2D eigenvalue weighted by molar-refractivity contribution is -0.164. The Morgan fingerprint density at radius 2 is 1.07 bits per heavy atom. The number of halogens is 2. The van der Waals surface area contributed by atoms with E-state index in [1.165, 1.54) is 73.2 Å². The molecule has 22 nitrogen and oxygen atoms in total. The van der Waals surface area contributed by atoms with E-state index in [2.05, 4.69) is 15.8 Å². The van der Waals surface area contributed by atoms with Crippen molar-refractivity contribution in [3.05, 3.63) is 145 Å². The second-order valence-corrected chi connectivity index (χ2v) is 23.8. The number of aryl methyl sites for hydroxylation is 2. The van der Waals surface area contributed by atoms with E-state index < -0.39 is 75.0 Å². The summed E-state index contributed by atoms with van der Waals surface area (Å²) in [4.78, 5) is 88.5. The number of hydrogen-bond donors (Lipinski definition) is 1. The average molecular weight is 1200 g/mol. The Kier molecular flexibility index (Phi) is 19.8. The van der Waals surface area contributed by atoms with E-state index in [0.29, 0.717) is 67.8 Å². The fourth-order valence-corrected chi connectivity index (χ4v) is 11.9. The van der Waals surface area contributed by atoms with Crippen molar-refractivity contribution in [2.45, 2.75) is 142 Å². The van der Waals surface area contributed by atoms with E-state index in [-0.39, 0.29) is 91.6 Å². The van der Waals surface area contributed by atoms with Crippen LogP contribution in [0.1, 0.15) is 118 Å². The molecule has 2 fully saturated rings. The van der Waals surface area contributed by atoms with Gasteiger partial charge in [0.05, 0.1) is 36.1 Å². The maximum absolute atomic E-state index is 14.7. The Morgan fingerprint density at radius 1 is 0.690 bits per heavy atom. The van der Waals surface area contributed by atoms with E-state index in [1.54, 1.807) is 34.6 Å². The van der Waals surface area contributed by atoms with Crippen molar-refractivity contribution in [2.24, 2.45) is 0 Å². The number of ether oxygens (including phenoxy) is 7. The zero-order chi connectivity index (χ0) is 61.6. The van der Waals surface area contributed by atoms with Crippen LogP contribution in [0.4, 0.5) is 8.78 Å². The van der Waals surface area contributed by atoms with Crippen LogP contribution >= 0.6 is 22.7 Å². The predicted octanol–water partition coefficient (Wildman–Crippen LogP) is 8.37. The van der Waals surface area contributed by atoms with E-state index in [0.717, 1.165) is 27.2 Å². The maximum Gasteiger partial charge on any atom is 0.357 e. The molecule has 6 heterocycles. The summed E-state index contributed by atoms with van der Waals surface area (Å²) in [5, 5.41) is 29.5. The summed E-state index contributed by atoms with van der Waals surface area (Å²) in [6.07, 6.45) is -0.435. The Labute approximate surface area is 488 Å². The van der Waals surface area contributed by atoms with Gasteiger partial charge in [0.15, 0.2) is 0 Å². The van der Waals surface area contributed by atoms with Crippen molar-refractivity contribution in [3.8, 4) is 23.6 Å². The molecule has 0 saturated carbocycles. The third-order valence-corrected chi connectivity index (χ3v) is 16.6. The normalized spacial score (nSPS) is 15.0. The summed E-state index contributed by atoms with van der Waals surface area (Å²) in [7, 11) is 0. The topological polar surface area (TPSA) is 263 Å². The predicted molar refractivity (Wildman–Crippen MR) is 304 cm³/mol. The van der Waals surface area contributed by atoms with E-state index in [1.807, 2.05) is 6.07 Å². The number of carbonyl (C=O) groups excluding carboxylic acids is 1. The molecule has 4 aromatic heterocycles. The number of carboxylic acid groups (broad SMARTS) is 1. The minimum Gasteiger partial charge on any atom is -0.480 e. The smallest absolute Gasteiger partial charge is 0.357 e. The van der Waals surface area contributed by atoms with Gasteiger partial charge in [0.2, 0.25) is 0 Å². The number of hydrogen-bond acceptors (Lipinski definition) is 17. The number of carbonyl (C=O) groups is 2. The molecule has 2 unspecified atom stereocenters. The lowest BCUT2D eigenvalue weighted by Gasteiger charge is -2.31. The van der Waals surface area contributed by atoms with Gasteiger partial charge in [-0.05, 0) is 136 Å². The largest absolute Gasteiger partial charge is 0.480 e. The van der Waals surface area contributed by atoms with Gasteiger partial charge < -0.3 is 38.3 Å². The Hall–Kier alpha value is -8.08. The van der Waals surface area contributed by atoms with Crippen LogP contribution in [-0.2, 0) is 57.4 Å². The van der Waals surface area contributed by atoms with Gasteiger partial charge in [0, 0.05) is 37.6 Å². The summed E-state index contributed by atoms with van der Waals surface area (Å²) in [5.74, 6) is -2.99. The molecule has 0 spiro atoms. The van der Waals surface area contributed by atoms with Gasteiger partial charge in [0.25, 0.3) is 11.1 Å². The lowest BCUT2D eigenvalue weighted by Crippen LogP contribution is -2.54. The average Bonchev–Trinajstić information content (AvgIpc) is 1.53. The number of carboxylic acids is 1. The van der Waals surface area contributed by atoms with Gasteiger partial charge in [-0.3, -0.25) is 28.4 Å². The van der Waals surface area contributed by atoms with Gasteiger partial charge in [-0.25, -0.2) is 50.2 Å². The van der Waals surface area contributed by atoms with Crippen molar-refractivity contribution in [1.82, 2.24) is 18.3 Å². The molecule has 2 aliphatic rings. The molecule has 1 N–H and O–H groups in total. The number of nitrogens with zero attached hydrogens (tertiary/aromatic N) is 8. The third kappa shape index (κ3) is 13.5. The molecular formula is C58H62F2N8O14S2. The summed E-state index contributed by atoms with van der Waals surface area (Å²) < 4.78 is 73.7. The Bertz CT molecular complexity index is 3920. The fourth-order valence-electron chi connectivity index (χ4n) is 9.66. The molecule has 6 aromatic rings. The number of rotatable bonds is 18. The molecule has 0 amide bonds. The van der Waals surface area contributed by atoms with Gasteiger partial charge >= 0.3 is 36.8 Å². The quantitative estimate of drug-likeness (QED) is 0.0625. The van der Waals surface area contributed by atoms with Crippen LogP contribution in [0.15, 0.2) is 55.6 Å². The van der Waals surface area contributed by atoms with Crippen molar-refractivity contribution in [1.29, 1.82) is 10.5 Å². The van der Waals surface area contributed by atoms with Crippen LogP contribution in [0, 0.1) is 61.3 Å². The first-order valence-electron chi connectivity index (χ1n) is 26.5. The molecule has 2 aromatic carbocycles. The number of thiophene rings is 2. The van der Waals surface area contributed by atoms with E-state index in [4.69, 9.17) is 46.3 Å².